The smallest absolute Gasteiger partial charge is 0.414 e. The summed E-state index contributed by atoms with van der Waals surface area (Å²) in [7, 11) is 0. The summed E-state index contributed by atoms with van der Waals surface area (Å²) in [4.78, 5) is 13.2. The van der Waals surface area contributed by atoms with E-state index in [2.05, 4.69) is 6.07 Å². The van der Waals surface area contributed by atoms with Crippen molar-refractivity contribution in [3.8, 4) is 17.2 Å². The normalized spacial score (nSPS) is 16.8. The summed E-state index contributed by atoms with van der Waals surface area (Å²) in [6.45, 7) is 0.286. The molecule has 3 rings (SSSR count). The van der Waals surface area contributed by atoms with Crippen LogP contribution in [0, 0.1) is 11.9 Å². The van der Waals surface area contributed by atoms with Crippen molar-refractivity contribution in [2.24, 2.45) is 0 Å². The molecule has 1 fully saturated rings. The first kappa shape index (κ1) is 16.3. The van der Waals surface area contributed by atoms with Crippen LogP contribution in [0.2, 0.25) is 0 Å². The van der Waals surface area contributed by atoms with Crippen molar-refractivity contribution in [3.63, 3.8) is 0 Å². The monoisotopic (exact) mass is 345 g/mol. The van der Waals surface area contributed by atoms with Gasteiger partial charge in [-0.3, -0.25) is 4.90 Å². The van der Waals surface area contributed by atoms with Crippen LogP contribution in [0.15, 0.2) is 42.5 Å². The average molecular weight is 346 g/mol. The van der Waals surface area contributed by atoms with Gasteiger partial charge in [0.25, 0.3) is 6.07 Å². The maximum absolute atomic E-state index is 14.5. The Morgan fingerprint density at radius 2 is 2.04 bits per heavy atom. The third kappa shape index (κ3) is 3.19. The molecule has 1 aliphatic rings. The molecule has 1 amide bonds. The van der Waals surface area contributed by atoms with Crippen LogP contribution in [-0.4, -0.2) is 18.7 Å². The molecule has 1 saturated heterocycles. The molecular weight excluding hydrogens is 331 g/mol. The van der Waals surface area contributed by atoms with Crippen LogP contribution in [0.4, 0.5) is 14.9 Å². The van der Waals surface area contributed by atoms with Crippen LogP contribution in [0.3, 0.4) is 0 Å². The molecule has 1 atom stereocenters. The number of benzene rings is 2. The number of nitrogens with one attached hydrogen (secondary N) is 1. The van der Waals surface area contributed by atoms with E-state index >= 15 is 0 Å². The Kier molecular flexibility index (Phi) is 4.68. The van der Waals surface area contributed by atoms with E-state index in [0.29, 0.717) is 17.1 Å². The fraction of sp³-hybridized carbons (Fsp3) is 0.222. The zero-order valence-corrected chi connectivity index (χ0v) is 13.5. The Hall–Kier alpha value is -2.58. The van der Waals surface area contributed by atoms with Crippen LogP contribution in [0.25, 0.3) is 11.1 Å². The van der Waals surface area contributed by atoms with Gasteiger partial charge in [-0.15, -0.1) is 16.9 Å². The van der Waals surface area contributed by atoms with Gasteiger partial charge in [-0.05, 0) is 29.3 Å². The van der Waals surface area contributed by atoms with E-state index in [4.69, 9.17) is 21.6 Å². The van der Waals surface area contributed by atoms with Gasteiger partial charge in [0.2, 0.25) is 0 Å². The van der Waals surface area contributed by atoms with E-state index in [0.717, 1.165) is 11.1 Å². The Morgan fingerprint density at radius 3 is 2.67 bits per heavy atom. The highest BCUT2D eigenvalue weighted by molar-refractivity contribution is 6.17. The van der Waals surface area contributed by atoms with Crippen molar-refractivity contribution in [2.45, 2.75) is 18.4 Å². The number of cyclic esters (lactones) is 1. The number of amides is 1. The predicted octanol–water partition coefficient (Wildman–Crippen LogP) is 2.72. The standard InChI is InChI=1S/C18H14ClFN2O2/c19-10-12-1-3-13(4-2-12)16-6-5-14(9-17(16)20)22-11-15(7-8-21)24-18(22)23/h1-6,9,15H,7,10-11H2/p+1/t15-/m0/s1. The lowest BCUT2D eigenvalue weighted by Crippen LogP contribution is -2.25. The summed E-state index contributed by atoms with van der Waals surface area (Å²) in [5.74, 6) is -0.00591. The van der Waals surface area contributed by atoms with Crippen molar-refractivity contribution in [3.05, 3.63) is 53.8 Å². The molecule has 1 N–H and O–H groups in total. The summed E-state index contributed by atoms with van der Waals surface area (Å²) in [5.41, 5.74) is 2.60. The number of hydrogen-bond donors (Lipinski definition) is 1. The molecule has 1 heterocycles. The minimum absolute atomic E-state index is 0.232. The topological polar surface area (TPSA) is 53.3 Å². The maximum atomic E-state index is 14.5. The molecule has 0 spiro atoms. The number of hydrogen-bond acceptors (Lipinski definition) is 2. The number of rotatable bonds is 4. The van der Waals surface area contributed by atoms with Crippen molar-refractivity contribution in [1.82, 2.24) is 0 Å². The van der Waals surface area contributed by atoms with Crippen LogP contribution in [0.1, 0.15) is 12.0 Å². The van der Waals surface area contributed by atoms with Crippen molar-refractivity contribution >= 4 is 23.4 Å². The number of halogens is 2. The van der Waals surface area contributed by atoms with Gasteiger partial charge in [0.15, 0.2) is 0 Å². The molecule has 0 aromatic heterocycles. The molecule has 122 valence electrons. The Morgan fingerprint density at radius 1 is 1.29 bits per heavy atom. The Balaban J connectivity index is 1.84. The minimum Gasteiger partial charge on any atom is -0.443 e. The number of nitrogens with zero attached hydrogens (tertiary/aromatic N) is 1. The molecule has 24 heavy (non-hydrogen) atoms. The molecule has 1 aliphatic heterocycles. The van der Waals surface area contributed by atoms with Crippen molar-refractivity contribution in [1.29, 1.82) is 0 Å². The number of ether oxygens (including phenoxy) is 1. The first-order valence-electron chi connectivity index (χ1n) is 7.45. The fourth-order valence-electron chi connectivity index (χ4n) is 2.63. The molecule has 0 unspecified atom stereocenters. The third-order valence-corrected chi connectivity index (χ3v) is 4.20. The lowest BCUT2D eigenvalue weighted by molar-refractivity contribution is -0.0963. The fourth-order valence-corrected chi connectivity index (χ4v) is 2.81. The summed E-state index contributed by atoms with van der Waals surface area (Å²) in [5, 5.41) is 6.96. The van der Waals surface area contributed by atoms with E-state index in [-0.39, 0.29) is 13.0 Å². The quantitative estimate of drug-likeness (QED) is 0.866. The Labute approximate surface area is 144 Å². The summed E-state index contributed by atoms with van der Waals surface area (Å²) < 4.78 is 19.6. The molecule has 0 radical (unpaired) electrons. The second kappa shape index (κ2) is 6.90. The summed E-state index contributed by atoms with van der Waals surface area (Å²) in [6, 6.07) is 14.2. The van der Waals surface area contributed by atoms with E-state index < -0.39 is 18.0 Å². The van der Waals surface area contributed by atoms with Gasteiger partial charge < -0.3 is 4.74 Å². The number of anilines is 1. The van der Waals surface area contributed by atoms with Gasteiger partial charge in [-0.1, -0.05) is 24.3 Å². The second-order valence-corrected chi connectivity index (χ2v) is 5.76. The zero-order chi connectivity index (χ0) is 17.1. The summed E-state index contributed by atoms with van der Waals surface area (Å²) in [6.07, 6.45) is -0.717. The highest BCUT2D eigenvalue weighted by atomic mass is 35.5. The predicted molar refractivity (Wildman–Crippen MR) is 88.5 cm³/mol. The molecule has 2 aromatic rings. The zero-order valence-electron chi connectivity index (χ0n) is 12.8. The van der Waals surface area contributed by atoms with Gasteiger partial charge in [-0.2, -0.15) is 0 Å². The summed E-state index contributed by atoms with van der Waals surface area (Å²) >= 11 is 5.76. The van der Waals surface area contributed by atoms with Crippen LogP contribution in [0.5, 0.6) is 0 Å². The van der Waals surface area contributed by atoms with E-state index in [1.165, 1.54) is 11.0 Å². The molecule has 0 bridgehead atoms. The van der Waals surface area contributed by atoms with Gasteiger partial charge in [-0.25, -0.2) is 9.18 Å². The molecule has 0 aliphatic carbocycles. The van der Waals surface area contributed by atoms with Gasteiger partial charge in [0.05, 0.1) is 12.2 Å². The molecule has 4 nitrogen and oxygen atoms in total. The van der Waals surface area contributed by atoms with E-state index in [1.54, 1.807) is 12.1 Å². The van der Waals surface area contributed by atoms with Gasteiger partial charge in [0.1, 0.15) is 18.3 Å². The van der Waals surface area contributed by atoms with Crippen LogP contribution < -0.4 is 10.2 Å². The first-order chi connectivity index (χ1) is 11.6. The first-order valence-corrected chi connectivity index (χ1v) is 7.98. The number of carbonyl (C=O) groups is 1. The third-order valence-electron chi connectivity index (χ3n) is 3.89. The molecule has 6 heteroatoms. The number of alkyl halides is 1. The van der Waals surface area contributed by atoms with E-state index in [1.807, 2.05) is 24.3 Å². The molecule has 2 aromatic carbocycles. The average Bonchev–Trinajstić information content (AvgIpc) is 2.96. The van der Waals surface area contributed by atoms with Crippen LogP contribution >= 0.6 is 11.6 Å². The van der Waals surface area contributed by atoms with Gasteiger partial charge >= 0.3 is 6.09 Å². The second-order valence-electron chi connectivity index (χ2n) is 5.49. The molecular formula is C18H15ClFN2O2+. The highest BCUT2D eigenvalue weighted by Gasteiger charge is 2.33. The minimum atomic E-state index is -0.533. The lowest BCUT2D eigenvalue weighted by atomic mass is 10.0. The van der Waals surface area contributed by atoms with Crippen molar-refractivity contribution < 1.29 is 19.2 Å². The maximum Gasteiger partial charge on any atom is 0.414 e. The van der Waals surface area contributed by atoms with Gasteiger partial charge in [0, 0.05) is 11.4 Å². The highest BCUT2D eigenvalue weighted by Crippen LogP contribution is 2.29. The largest absolute Gasteiger partial charge is 0.443 e. The number of carbonyl (C=O) groups excluding carboxylic acids is 1. The van der Waals surface area contributed by atoms with Crippen LogP contribution in [-0.2, 0) is 10.6 Å². The molecule has 0 saturated carbocycles. The van der Waals surface area contributed by atoms with Crippen molar-refractivity contribution in [2.75, 3.05) is 11.4 Å². The van der Waals surface area contributed by atoms with E-state index in [9.17, 15) is 9.18 Å². The Bertz CT molecular complexity index is 802. The SMILES string of the molecule is [NH+]#CC[C@H]1CN(c2ccc(-c3ccc(CCl)cc3)c(F)c2)C(=O)O1. The lowest BCUT2D eigenvalue weighted by Gasteiger charge is -2.14.